The van der Waals surface area contributed by atoms with Gasteiger partial charge < -0.3 is 10.1 Å². The van der Waals surface area contributed by atoms with Crippen LogP contribution in [-0.2, 0) is 14.8 Å². The highest BCUT2D eigenvalue weighted by molar-refractivity contribution is 7.92. The molecular formula is C12H19ClN2O3S. The van der Waals surface area contributed by atoms with E-state index in [1.54, 1.807) is 25.3 Å². The second-order valence-corrected chi connectivity index (χ2v) is 6.55. The molecule has 0 bridgehead atoms. The highest BCUT2D eigenvalue weighted by Crippen LogP contribution is 2.26. The van der Waals surface area contributed by atoms with Gasteiger partial charge in [0.1, 0.15) is 0 Å². The van der Waals surface area contributed by atoms with Crippen molar-refractivity contribution in [1.29, 1.82) is 0 Å². The van der Waals surface area contributed by atoms with E-state index in [2.05, 4.69) is 10.0 Å². The van der Waals surface area contributed by atoms with Crippen molar-refractivity contribution >= 4 is 33.0 Å². The van der Waals surface area contributed by atoms with Crippen LogP contribution in [0.4, 0.5) is 11.4 Å². The summed E-state index contributed by atoms with van der Waals surface area (Å²) in [5, 5.41) is 3.62. The zero-order chi connectivity index (χ0) is 14.5. The van der Waals surface area contributed by atoms with Crippen LogP contribution in [0.3, 0.4) is 0 Å². The Morgan fingerprint density at radius 1 is 1.42 bits per heavy atom. The lowest BCUT2D eigenvalue weighted by Gasteiger charge is -2.16. The number of hydrogen-bond donors (Lipinski definition) is 2. The third kappa shape index (κ3) is 6.13. The molecule has 1 aromatic carbocycles. The minimum absolute atomic E-state index is 0.240. The van der Waals surface area contributed by atoms with Crippen LogP contribution in [0.25, 0.3) is 0 Å². The molecule has 1 aromatic rings. The van der Waals surface area contributed by atoms with Crippen LogP contribution < -0.4 is 10.0 Å². The summed E-state index contributed by atoms with van der Waals surface area (Å²) in [7, 11) is -1.66. The summed E-state index contributed by atoms with van der Waals surface area (Å²) >= 11 is 6.03. The summed E-state index contributed by atoms with van der Waals surface area (Å²) in [6, 6.07) is 5.35. The van der Waals surface area contributed by atoms with Gasteiger partial charge in [0.05, 0.1) is 17.0 Å². The number of sulfonamides is 1. The molecule has 0 radical (unpaired) electrons. The third-order valence-electron chi connectivity index (χ3n) is 2.43. The summed E-state index contributed by atoms with van der Waals surface area (Å²) in [6.45, 7) is 2.71. The smallest absolute Gasteiger partial charge is 0.229 e. The van der Waals surface area contributed by atoms with E-state index in [-0.39, 0.29) is 6.04 Å². The maximum Gasteiger partial charge on any atom is 0.229 e. The Hall–Kier alpha value is -0.980. The lowest BCUT2D eigenvalue weighted by molar-refractivity contribution is 0.191. The van der Waals surface area contributed by atoms with E-state index in [9.17, 15) is 8.42 Å². The molecule has 0 aliphatic rings. The number of nitrogens with one attached hydrogen (secondary N) is 2. The SMILES string of the molecule is COCCC(C)Nc1ccc(NS(C)(=O)=O)c(Cl)c1. The summed E-state index contributed by atoms with van der Waals surface area (Å²) in [4.78, 5) is 0. The van der Waals surface area contributed by atoms with Gasteiger partial charge in [-0.1, -0.05) is 11.6 Å². The molecule has 0 fully saturated rings. The Balaban J connectivity index is 2.71. The number of methoxy groups -OCH3 is 1. The minimum Gasteiger partial charge on any atom is -0.385 e. The third-order valence-corrected chi connectivity index (χ3v) is 3.34. The van der Waals surface area contributed by atoms with Gasteiger partial charge in [-0.15, -0.1) is 0 Å². The summed E-state index contributed by atoms with van der Waals surface area (Å²) in [6.07, 6.45) is 1.96. The Bertz CT molecular complexity index is 520. The largest absolute Gasteiger partial charge is 0.385 e. The Kier molecular flexibility index (Phi) is 5.90. The molecule has 0 amide bonds. The molecule has 19 heavy (non-hydrogen) atoms. The van der Waals surface area contributed by atoms with Gasteiger partial charge >= 0.3 is 0 Å². The van der Waals surface area contributed by atoms with Crippen LogP contribution in [0.1, 0.15) is 13.3 Å². The van der Waals surface area contributed by atoms with Crippen LogP contribution >= 0.6 is 11.6 Å². The van der Waals surface area contributed by atoms with Gasteiger partial charge in [-0.3, -0.25) is 4.72 Å². The van der Waals surface area contributed by atoms with Crippen molar-refractivity contribution in [1.82, 2.24) is 0 Å². The molecule has 0 spiro atoms. The van der Waals surface area contributed by atoms with E-state index < -0.39 is 10.0 Å². The van der Waals surface area contributed by atoms with Crippen LogP contribution in [0.5, 0.6) is 0 Å². The van der Waals surface area contributed by atoms with E-state index in [4.69, 9.17) is 16.3 Å². The van der Waals surface area contributed by atoms with Crippen LogP contribution in [0.2, 0.25) is 5.02 Å². The number of halogens is 1. The number of rotatable bonds is 7. The van der Waals surface area contributed by atoms with E-state index in [1.807, 2.05) is 6.92 Å². The van der Waals surface area contributed by atoms with Gasteiger partial charge in [-0.2, -0.15) is 0 Å². The minimum atomic E-state index is -3.32. The molecule has 0 saturated carbocycles. The maximum absolute atomic E-state index is 11.1. The molecule has 1 rings (SSSR count). The average Bonchev–Trinajstić information content (AvgIpc) is 2.28. The molecular weight excluding hydrogens is 288 g/mol. The fraction of sp³-hybridized carbons (Fsp3) is 0.500. The Morgan fingerprint density at radius 3 is 2.63 bits per heavy atom. The number of anilines is 2. The van der Waals surface area contributed by atoms with E-state index in [1.165, 1.54) is 0 Å². The van der Waals surface area contributed by atoms with Crippen molar-refractivity contribution in [3.63, 3.8) is 0 Å². The molecule has 0 heterocycles. The van der Waals surface area contributed by atoms with Crippen LogP contribution in [-0.4, -0.2) is 34.4 Å². The molecule has 5 nitrogen and oxygen atoms in total. The number of hydrogen-bond acceptors (Lipinski definition) is 4. The highest BCUT2D eigenvalue weighted by Gasteiger charge is 2.08. The zero-order valence-electron chi connectivity index (χ0n) is 11.2. The first-order valence-corrected chi connectivity index (χ1v) is 8.11. The van der Waals surface area contributed by atoms with Gasteiger partial charge in [-0.05, 0) is 31.5 Å². The van der Waals surface area contributed by atoms with E-state index >= 15 is 0 Å². The van der Waals surface area contributed by atoms with Crippen molar-refractivity contribution in [3.8, 4) is 0 Å². The molecule has 0 saturated heterocycles. The lowest BCUT2D eigenvalue weighted by Crippen LogP contribution is -2.17. The standard InChI is InChI=1S/C12H19ClN2O3S/c1-9(6-7-18-2)14-10-4-5-12(11(13)8-10)15-19(3,16)17/h4-5,8-9,14-15H,6-7H2,1-3H3. The van der Waals surface area contributed by atoms with Gasteiger partial charge in [-0.25, -0.2) is 8.42 Å². The van der Waals surface area contributed by atoms with Crippen molar-refractivity contribution in [3.05, 3.63) is 23.2 Å². The molecule has 7 heteroatoms. The van der Waals surface area contributed by atoms with Gasteiger partial charge in [0, 0.05) is 25.4 Å². The molecule has 108 valence electrons. The molecule has 0 aromatic heterocycles. The Morgan fingerprint density at radius 2 is 2.11 bits per heavy atom. The molecule has 1 atom stereocenters. The Labute approximate surface area is 119 Å². The van der Waals surface area contributed by atoms with Crippen LogP contribution in [0, 0.1) is 0 Å². The van der Waals surface area contributed by atoms with Crippen molar-refractivity contribution in [2.24, 2.45) is 0 Å². The van der Waals surface area contributed by atoms with Gasteiger partial charge in [0.2, 0.25) is 10.0 Å². The number of ether oxygens (including phenoxy) is 1. The first-order valence-electron chi connectivity index (χ1n) is 5.84. The van der Waals surface area contributed by atoms with Gasteiger partial charge in [0.25, 0.3) is 0 Å². The van der Waals surface area contributed by atoms with Crippen molar-refractivity contribution < 1.29 is 13.2 Å². The first kappa shape index (κ1) is 16.1. The quantitative estimate of drug-likeness (QED) is 0.812. The van der Waals surface area contributed by atoms with E-state index in [0.29, 0.717) is 17.3 Å². The molecule has 1 unspecified atom stereocenters. The fourth-order valence-electron chi connectivity index (χ4n) is 1.54. The van der Waals surface area contributed by atoms with Crippen LogP contribution in [0.15, 0.2) is 18.2 Å². The molecule has 0 aliphatic heterocycles. The van der Waals surface area contributed by atoms with Crippen molar-refractivity contribution in [2.45, 2.75) is 19.4 Å². The monoisotopic (exact) mass is 306 g/mol. The summed E-state index contributed by atoms with van der Waals surface area (Å²) in [5.74, 6) is 0. The second-order valence-electron chi connectivity index (χ2n) is 4.40. The second kappa shape index (κ2) is 6.98. The van der Waals surface area contributed by atoms with Gasteiger partial charge in [0.15, 0.2) is 0 Å². The zero-order valence-corrected chi connectivity index (χ0v) is 12.8. The van der Waals surface area contributed by atoms with E-state index in [0.717, 1.165) is 18.4 Å². The molecule has 0 aliphatic carbocycles. The highest BCUT2D eigenvalue weighted by atomic mass is 35.5. The molecule has 2 N–H and O–H groups in total. The lowest BCUT2D eigenvalue weighted by atomic mass is 10.2. The predicted molar refractivity (Wildman–Crippen MR) is 79.5 cm³/mol. The summed E-state index contributed by atoms with van der Waals surface area (Å²) in [5.41, 5.74) is 1.21. The van der Waals surface area contributed by atoms with Crippen molar-refractivity contribution in [2.75, 3.05) is 30.0 Å². The predicted octanol–water partition coefficient (Wildman–Crippen LogP) is 2.55. The fourth-order valence-corrected chi connectivity index (χ4v) is 2.40. The first-order chi connectivity index (χ1) is 8.81. The maximum atomic E-state index is 11.1. The number of benzene rings is 1. The normalized spacial score (nSPS) is 13.1. The average molecular weight is 307 g/mol. The summed E-state index contributed by atoms with van der Waals surface area (Å²) < 4.78 is 29.6. The topological polar surface area (TPSA) is 67.4 Å².